The maximum Gasteiger partial charge on any atom is 0.230 e. The largest absolute Gasteiger partial charge is 0.351 e. The van der Waals surface area contributed by atoms with Crippen LogP contribution in [-0.2, 0) is 10.2 Å². The van der Waals surface area contributed by atoms with Gasteiger partial charge in [-0.05, 0) is 51.3 Å². The molecule has 1 aliphatic rings. The molecule has 1 saturated heterocycles. The molecule has 3 nitrogen and oxygen atoms in total. The standard InChI is InChI=1S/C16H24N2O.ClH/c1-12-7-4-5-9-14(12)16(2,3)15(19)18-13-8-6-10-17-11-13;/h4-5,7,9,13,17H,6,8,10-11H2,1-3H3,(H,18,19);1H/t13-;/m0./s1. The molecule has 1 amide bonds. The van der Waals surface area contributed by atoms with E-state index in [1.54, 1.807) is 0 Å². The summed E-state index contributed by atoms with van der Waals surface area (Å²) in [7, 11) is 0. The van der Waals surface area contributed by atoms with Crippen molar-refractivity contribution in [3.05, 3.63) is 35.4 Å². The summed E-state index contributed by atoms with van der Waals surface area (Å²) in [5.41, 5.74) is 1.80. The van der Waals surface area contributed by atoms with Gasteiger partial charge in [0.25, 0.3) is 0 Å². The Morgan fingerprint density at radius 1 is 1.35 bits per heavy atom. The number of piperidine rings is 1. The van der Waals surface area contributed by atoms with Crippen LogP contribution in [0.5, 0.6) is 0 Å². The minimum absolute atomic E-state index is 0. The predicted octanol–water partition coefficient (Wildman–Crippen LogP) is 2.56. The van der Waals surface area contributed by atoms with Crippen molar-refractivity contribution in [2.45, 2.75) is 45.1 Å². The highest BCUT2D eigenvalue weighted by atomic mass is 35.5. The number of hydrogen-bond acceptors (Lipinski definition) is 2. The molecule has 0 radical (unpaired) electrons. The number of hydrogen-bond donors (Lipinski definition) is 2. The Bertz CT molecular complexity index is 454. The number of carbonyl (C=O) groups is 1. The van der Waals surface area contributed by atoms with Crippen LogP contribution in [0.4, 0.5) is 0 Å². The average Bonchev–Trinajstić information content (AvgIpc) is 2.40. The molecule has 2 rings (SSSR count). The molecule has 4 heteroatoms. The van der Waals surface area contributed by atoms with Crippen LogP contribution in [0.15, 0.2) is 24.3 Å². The van der Waals surface area contributed by atoms with E-state index in [0.29, 0.717) is 0 Å². The summed E-state index contributed by atoms with van der Waals surface area (Å²) in [6, 6.07) is 8.39. The Labute approximate surface area is 127 Å². The lowest BCUT2D eigenvalue weighted by molar-refractivity contribution is -0.126. The van der Waals surface area contributed by atoms with E-state index in [1.165, 1.54) is 5.56 Å². The molecule has 1 aliphatic heterocycles. The number of rotatable bonds is 3. The molecule has 1 atom stereocenters. The van der Waals surface area contributed by atoms with E-state index in [2.05, 4.69) is 23.6 Å². The molecule has 0 bridgehead atoms. The molecule has 1 fully saturated rings. The van der Waals surface area contributed by atoms with Gasteiger partial charge in [0.1, 0.15) is 0 Å². The first-order chi connectivity index (χ1) is 9.01. The van der Waals surface area contributed by atoms with Crippen LogP contribution >= 0.6 is 12.4 Å². The lowest BCUT2D eigenvalue weighted by Crippen LogP contribution is -2.50. The first-order valence-corrected chi connectivity index (χ1v) is 7.09. The summed E-state index contributed by atoms with van der Waals surface area (Å²) < 4.78 is 0. The monoisotopic (exact) mass is 296 g/mol. The van der Waals surface area contributed by atoms with E-state index in [9.17, 15) is 4.79 Å². The van der Waals surface area contributed by atoms with Gasteiger partial charge in [-0.25, -0.2) is 0 Å². The molecule has 20 heavy (non-hydrogen) atoms. The van der Waals surface area contributed by atoms with E-state index in [4.69, 9.17) is 0 Å². The fourth-order valence-electron chi connectivity index (χ4n) is 2.74. The lowest BCUT2D eigenvalue weighted by atomic mass is 9.81. The van der Waals surface area contributed by atoms with Crippen LogP contribution in [0.3, 0.4) is 0 Å². The van der Waals surface area contributed by atoms with Crippen LogP contribution in [-0.4, -0.2) is 25.0 Å². The SMILES string of the molecule is Cc1ccccc1C(C)(C)C(=O)N[C@H]1CCCNC1.Cl. The highest BCUT2D eigenvalue weighted by Gasteiger charge is 2.32. The molecular formula is C16H25ClN2O. The second-order valence-electron chi connectivity index (χ2n) is 5.96. The summed E-state index contributed by atoms with van der Waals surface area (Å²) in [6.07, 6.45) is 2.21. The summed E-state index contributed by atoms with van der Waals surface area (Å²) in [4.78, 5) is 12.5. The summed E-state index contributed by atoms with van der Waals surface area (Å²) in [5, 5.41) is 6.51. The Hall–Kier alpha value is -1.06. The van der Waals surface area contributed by atoms with Crippen LogP contribution in [0.25, 0.3) is 0 Å². The zero-order valence-electron chi connectivity index (χ0n) is 12.5. The first-order valence-electron chi connectivity index (χ1n) is 7.09. The highest BCUT2D eigenvalue weighted by molar-refractivity contribution is 5.88. The van der Waals surface area contributed by atoms with Crippen LogP contribution in [0.1, 0.15) is 37.8 Å². The Morgan fingerprint density at radius 2 is 2.05 bits per heavy atom. The highest BCUT2D eigenvalue weighted by Crippen LogP contribution is 2.26. The van der Waals surface area contributed by atoms with E-state index in [1.807, 2.05) is 32.0 Å². The molecule has 0 aromatic heterocycles. The molecule has 0 saturated carbocycles. The minimum Gasteiger partial charge on any atom is -0.351 e. The van der Waals surface area contributed by atoms with Crippen molar-refractivity contribution in [1.82, 2.24) is 10.6 Å². The number of aryl methyl sites for hydroxylation is 1. The molecule has 1 aromatic carbocycles. The number of halogens is 1. The Morgan fingerprint density at radius 3 is 2.65 bits per heavy atom. The van der Waals surface area contributed by atoms with E-state index < -0.39 is 5.41 Å². The molecule has 0 spiro atoms. The van der Waals surface area contributed by atoms with Crippen molar-refractivity contribution >= 4 is 18.3 Å². The van der Waals surface area contributed by atoms with Crippen molar-refractivity contribution in [3.63, 3.8) is 0 Å². The van der Waals surface area contributed by atoms with Crippen LogP contribution in [0, 0.1) is 6.92 Å². The van der Waals surface area contributed by atoms with Gasteiger partial charge in [0, 0.05) is 12.6 Å². The van der Waals surface area contributed by atoms with Crippen LogP contribution < -0.4 is 10.6 Å². The minimum atomic E-state index is -0.483. The topological polar surface area (TPSA) is 41.1 Å². The molecule has 2 N–H and O–H groups in total. The van der Waals surface area contributed by atoms with Gasteiger partial charge in [0.15, 0.2) is 0 Å². The van der Waals surface area contributed by atoms with Crippen molar-refractivity contribution < 1.29 is 4.79 Å². The number of nitrogens with one attached hydrogen (secondary N) is 2. The van der Waals surface area contributed by atoms with Crippen molar-refractivity contribution in [2.24, 2.45) is 0 Å². The van der Waals surface area contributed by atoms with E-state index in [0.717, 1.165) is 31.5 Å². The summed E-state index contributed by atoms with van der Waals surface area (Å²) >= 11 is 0. The summed E-state index contributed by atoms with van der Waals surface area (Å²) in [5.74, 6) is 0.121. The summed E-state index contributed by atoms with van der Waals surface area (Å²) in [6.45, 7) is 8.01. The second-order valence-corrected chi connectivity index (χ2v) is 5.96. The van der Waals surface area contributed by atoms with Crippen LogP contribution in [0.2, 0.25) is 0 Å². The van der Waals surface area contributed by atoms with E-state index in [-0.39, 0.29) is 24.4 Å². The third kappa shape index (κ3) is 3.74. The molecule has 112 valence electrons. The average molecular weight is 297 g/mol. The third-order valence-electron chi connectivity index (χ3n) is 4.02. The first kappa shape index (κ1) is 17.0. The lowest BCUT2D eigenvalue weighted by Gasteiger charge is -2.30. The smallest absolute Gasteiger partial charge is 0.230 e. The second kappa shape index (κ2) is 7.09. The molecule has 0 aliphatic carbocycles. The third-order valence-corrected chi connectivity index (χ3v) is 4.02. The zero-order chi connectivity index (χ0) is 13.9. The Kier molecular flexibility index (Phi) is 6.03. The Balaban J connectivity index is 0.00000200. The normalized spacial score (nSPS) is 19.1. The molecular weight excluding hydrogens is 272 g/mol. The fourth-order valence-corrected chi connectivity index (χ4v) is 2.74. The zero-order valence-corrected chi connectivity index (χ0v) is 13.3. The van der Waals surface area contributed by atoms with Gasteiger partial charge in [-0.3, -0.25) is 4.79 Å². The van der Waals surface area contributed by atoms with Gasteiger partial charge in [0.05, 0.1) is 5.41 Å². The molecule has 1 aromatic rings. The van der Waals surface area contributed by atoms with Gasteiger partial charge in [-0.2, -0.15) is 0 Å². The van der Waals surface area contributed by atoms with E-state index >= 15 is 0 Å². The number of benzene rings is 1. The van der Waals surface area contributed by atoms with Gasteiger partial charge < -0.3 is 10.6 Å². The van der Waals surface area contributed by atoms with Gasteiger partial charge in [-0.1, -0.05) is 24.3 Å². The fraction of sp³-hybridized carbons (Fsp3) is 0.562. The predicted molar refractivity (Wildman–Crippen MR) is 85.5 cm³/mol. The molecule has 0 unspecified atom stereocenters. The van der Waals surface area contributed by atoms with Gasteiger partial charge in [-0.15, -0.1) is 12.4 Å². The number of amides is 1. The van der Waals surface area contributed by atoms with Gasteiger partial charge in [0.2, 0.25) is 5.91 Å². The van der Waals surface area contributed by atoms with Crippen molar-refractivity contribution in [2.75, 3.05) is 13.1 Å². The van der Waals surface area contributed by atoms with Crippen molar-refractivity contribution in [3.8, 4) is 0 Å². The van der Waals surface area contributed by atoms with Gasteiger partial charge >= 0.3 is 0 Å². The maximum absolute atomic E-state index is 12.5. The quantitative estimate of drug-likeness (QED) is 0.900. The maximum atomic E-state index is 12.5. The van der Waals surface area contributed by atoms with Crippen molar-refractivity contribution in [1.29, 1.82) is 0 Å². The molecule has 1 heterocycles. The number of carbonyl (C=O) groups excluding carboxylic acids is 1.